The Morgan fingerprint density at radius 2 is 1.94 bits per heavy atom. The van der Waals surface area contributed by atoms with Gasteiger partial charge in [0.25, 0.3) is 5.56 Å². The molecule has 2 aromatic carbocycles. The third kappa shape index (κ3) is 4.29. The number of aromatic nitrogens is 4. The Morgan fingerprint density at radius 1 is 1.19 bits per heavy atom. The van der Waals surface area contributed by atoms with Crippen LogP contribution in [-0.2, 0) is 0 Å². The Kier molecular flexibility index (Phi) is 6.09. The van der Waals surface area contributed by atoms with Crippen molar-refractivity contribution in [2.75, 3.05) is 12.4 Å². The Balaban J connectivity index is 1.62. The third-order valence-electron chi connectivity index (χ3n) is 5.11. The van der Waals surface area contributed by atoms with Crippen LogP contribution in [0.15, 0.2) is 70.5 Å². The fourth-order valence-corrected chi connectivity index (χ4v) is 3.75. The molecule has 2 aromatic heterocycles. The Labute approximate surface area is 192 Å². The quantitative estimate of drug-likeness (QED) is 0.405. The number of hydrogen-bond donors (Lipinski definition) is 1. The highest BCUT2D eigenvalue weighted by Gasteiger charge is 2.16. The van der Waals surface area contributed by atoms with E-state index in [1.807, 2.05) is 42.8 Å². The Morgan fingerprint density at radius 3 is 2.59 bits per heavy atom. The van der Waals surface area contributed by atoms with Gasteiger partial charge in [-0.05, 0) is 59.6 Å². The van der Waals surface area contributed by atoms with Gasteiger partial charge in [-0.25, -0.2) is 14.1 Å². The molecule has 9 heteroatoms. The second-order valence-corrected chi connectivity index (χ2v) is 8.08. The number of anilines is 2. The van der Waals surface area contributed by atoms with Crippen molar-refractivity contribution in [1.29, 1.82) is 0 Å². The predicted octanol–water partition coefficient (Wildman–Crippen LogP) is 5.00. The maximum absolute atomic E-state index is 13.2. The first-order valence-corrected chi connectivity index (χ1v) is 10.7. The molecule has 1 unspecified atom stereocenters. The second-order valence-electron chi connectivity index (χ2n) is 7.28. The number of nitrogens with one attached hydrogen (secondary N) is 1. The number of imidazole rings is 1. The first-order valence-electron chi connectivity index (χ1n) is 9.86. The minimum absolute atomic E-state index is 0.302. The number of rotatable bonds is 6. The van der Waals surface area contributed by atoms with Crippen molar-refractivity contribution in [2.45, 2.75) is 19.9 Å². The lowest BCUT2D eigenvalue weighted by atomic mass is 10.1. The molecule has 0 saturated carbocycles. The summed E-state index contributed by atoms with van der Waals surface area (Å²) in [6.45, 7) is 3.76. The molecule has 0 aliphatic heterocycles. The molecule has 0 amide bonds. The summed E-state index contributed by atoms with van der Waals surface area (Å²) in [5.74, 6) is 0.321. The van der Waals surface area contributed by atoms with Gasteiger partial charge in [0.15, 0.2) is 0 Å². The van der Waals surface area contributed by atoms with E-state index in [4.69, 9.17) is 4.74 Å². The number of ether oxygens (including phenoxy) is 1. The van der Waals surface area contributed by atoms with E-state index in [2.05, 4.69) is 31.3 Å². The van der Waals surface area contributed by atoms with Crippen LogP contribution in [0, 0.1) is 12.7 Å². The molecule has 4 rings (SSSR count). The zero-order valence-electron chi connectivity index (χ0n) is 17.7. The average molecular weight is 498 g/mol. The van der Waals surface area contributed by atoms with Gasteiger partial charge >= 0.3 is 0 Å². The maximum atomic E-state index is 13.2. The number of nitrogens with zero attached hydrogens (tertiary/aromatic N) is 4. The van der Waals surface area contributed by atoms with Gasteiger partial charge in [-0.3, -0.25) is 4.79 Å². The monoisotopic (exact) mass is 497 g/mol. The van der Waals surface area contributed by atoms with E-state index in [0.29, 0.717) is 15.9 Å². The van der Waals surface area contributed by atoms with E-state index < -0.39 is 0 Å². The van der Waals surface area contributed by atoms with Crippen LogP contribution in [0.5, 0.6) is 5.75 Å². The Hall–Kier alpha value is -3.46. The normalized spacial score (nSPS) is 11.9. The van der Waals surface area contributed by atoms with Crippen molar-refractivity contribution in [3.63, 3.8) is 0 Å². The molecule has 0 spiro atoms. The van der Waals surface area contributed by atoms with Crippen molar-refractivity contribution in [3.8, 4) is 11.4 Å². The number of aryl methyl sites for hydroxylation is 1. The smallest absolute Gasteiger partial charge is 0.283 e. The first-order chi connectivity index (χ1) is 15.4. The summed E-state index contributed by atoms with van der Waals surface area (Å²) in [5.41, 5.74) is 3.48. The summed E-state index contributed by atoms with van der Waals surface area (Å²) in [6.07, 6.45) is 5.21. The third-order valence-corrected chi connectivity index (χ3v) is 5.88. The van der Waals surface area contributed by atoms with E-state index >= 15 is 0 Å². The molecule has 164 valence electrons. The van der Waals surface area contributed by atoms with Gasteiger partial charge in [-0.15, -0.1) is 0 Å². The number of hydrogen-bond acceptors (Lipinski definition) is 5. The largest absolute Gasteiger partial charge is 0.494 e. The van der Waals surface area contributed by atoms with E-state index in [9.17, 15) is 9.18 Å². The molecule has 2 heterocycles. The van der Waals surface area contributed by atoms with Crippen LogP contribution in [-0.4, -0.2) is 26.4 Å². The molecule has 0 radical (unpaired) electrons. The van der Waals surface area contributed by atoms with E-state index in [1.54, 1.807) is 31.8 Å². The fraction of sp³-hybridized carbons (Fsp3) is 0.174. The molecule has 32 heavy (non-hydrogen) atoms. The molecular weight excluding hydrogens is 477 g/mol. The van der Waals surface area contributed by atoms with Crippen LogP contribution < -0.4 is 15.6 Å². The topological polar surface area (TPSA) is 74.0 Å². The summed E-state index contributed by atoms with van der Waals surface area (Å²) in [4.78, 5) is 17.2. The zero-order valence-corrected chi connectivity index (χ0v) is 19.3. The van der Waals surface area contributed by atoms with Crippen LogP contribution in [0.3, 0.4) is 0 Å². The van der Waals surface area contributed by atoms with E-state index in [-0.39, 0.29) is 17.4 Å². The van der Waals surface area contributed by atoms with Crippen molar-refractivity contribution in [1.82, 2.24) is 19.3 Å². The number of halogens is 2. The summed E-state index contributed by atoms with van der Waals surface area (Å²) >= 11 is 3.39. The standard InChI is InChI=1S/C23H21BrFN5O2/c1-14-12-29(13-26-14)20-9-8-18(10-21(20)32-3)28-19-11-27-30(23(31)22(19)24)15(2)16-4-6-17(25)7-5-16/h4-13,15,28H,1-3H3. The van der Waals surface area contributed by atoms with Gasteiger partial charge < -0.3 is 14.6 Å². The molecule has 1 N–H and O–H groups in total. The van der Waals surface area contributed by atoms with Gasteiger partial charge in [0.1, 0.15) is 16.0 Å². The van der Waals surface area contributed by atoms with Gasteiger partial charge in [0.2, 0.25) is 0 Å². The number of methoxy groups -OCH3 is 1. The SMILES string of the molecule is COc1cc(Nc2cnn(C(C)c3ccc(F)cc3)c(=O)c2Br)ccc1-n1cnc(C)c1. The fourth-order valence-electron chi connectivity index (χ4n) is 3.37. The van der Waals surface area contributed by atoms with Crippen molar-refractivity contribution in [2.24, 2.45) is 0 Å². The van der Waals surface area contributed by atoms with Crippen LogP contribution in [0.4, 0.5) is 15.8 Å². The van der Waals surface area contributed by atoms with Crippen LogP contribution in [0.2, 0.25) is 0 Å². The van der Waals surface area contributed by atoms with Gasteiger partial charge in [0.05, 0.1) is 42.7 Å². The first kappa shape index (κ1) is 21.8. The van der Waals surface area contributed by atoms with Crippen molar-refractivity contribution >= 4 is 27.3 Å². The van der Waals surface area contributed by atoms with Gasteiger partial charge in [0, 0.05) is 18.0 Å². The minimum Gasteiger partial charge on any atom is -0.494 e. The van der Waals surface area contributed by atoms with Gasteiger partial charge in [-0.1, -0.05) is 12.1 Å². The summed E-state index contributed by atoms with van der Waals surface area (Å²) in [5, 5.41) is 7.53. The van der Waals surface area contributed by atoms with Crippen molar-refractivity contribution < 1.29 is 9.13 Å². The lowest BCUT2D eigenvalue weighted by Crippen LogP contribution is -2.27. The summed E-state index contributed by atoms with van der Waals surface area (Å²) in [6, 6.07) is 11.3. The highest BCUT2D eigenvalue weighted by Crippen LogP contribution is 2.30. The molecular formula is C23H21BrFN5O2. The Bertz CT molecular complexity index is 1320. The highest BCUT2D eigenvalue weighted by atomic mass is 79.9. The minimum atomic E-state index is -0.355. The highest BCUT2D eigenvalue weighted by molar-refractivity contribution is 9.10. The van der Waals surface area contributed by atoms with Crippen LogP contribution >= 0.6 is 15.9 Å². The molecule has 0 fully saturated rings. The molecule has 4 aromatic rings. The predicted molar refractivity (Wildman–Crippen MR) is 125 cm³/mol. The maximum Gasteiger partial charge on any atom is 0.283 e. The molecule has 0 aliphatic rings. The van der Waals surface area contributed by atoms with E-state index in [1.165, 1.54) is 16.8 Å². The molecule has 0 aliphatic carbocycles. The number of benzene rings is 2. The zero-order chi connectivity index (χ0) is 22.8. The second kappa shape index (κ2) is 8.96. The van der Waals surface area contributed by atoms with Crippen LogP contribution in [0.1, 0.15) is 24.2 Å². The van der Waals surface area contributed by atoms with Crippen molar-refractivity contribution in [3.05, 3.63) is 93.1 Å². The van der Waals surface area contributed by atoms with E-state index in [0.717, 1.165) is 22.6 Å². The molecule has 1 atom stereocenters. The average Bonchev–Trinajstić information content (AvgIpc) is 3.23. The lowest BCUT2D eigenvalue weighted by molar-refractivity contribution is 0.413. The summed E-state index contributed by atoms with van der Waals surface area (Å²) in [7, 11) is 1.60. The molecule has 0 saturated heterocycles. The molecule has 0 bridgehead atoms. The molecule has 7 nitrogen and oxygen atoms in total. The lowest BCUT2D eigenvalue weighted by Gasteiger charge is -2.17. The van der Waals surface area contributed by atoms with Crippen LogP contribution in [0.25, 0.3) is 5.69 Å². The summed E-state index contributed by atoms with van der Waals surface area (Å²) < 4.78 is 22.3. The van der Waals surface area contributed by atoms with Gasteiger partial charge in [-0.2, -0.15) is 5.10 Å².